The molecule has 1 atom stereocenters. The molecule has 41 heavy (non-hydrogen) atoms. The van der Waals surface area contributed by atoms with Crippen molar-refractivity contribution in [1.82, 2.24) is 14.9 Å². The molecule has 5 rings (SSSR count). The van der Waals surface area contributed by atoms with Gasteiger partial charge in [0.05, 0.1) is 31.6 Å². The Labute approximate surface area is 256 Å². The number of anilines is 5. The van der Waals surface area contributed by atoms with Gasteiger partial charge in [0.1, 0.15) is 51.9 Å². The number of carbonyl (C=O) groups excluding carboxylic acids is 1. The lowest BCUT2D eigenvalue weighted by molar-refractivity contribution is 0.172. The van der Waals surface area contributed by atoms with E-state index in [1.54, 1.807) is 19.2 Å². The zero-order valence-corrected chi connectivity index (χ0v) is 25.7. The quantitative estimate of drug-likeness (QED) is 0.367. The number of methoxy groups -OCH3 is 2. The monoisotopic (exact) mass is 621 g/mol. The third-order valence-corrected chi connectivity index (χ3v) is 7.84. The standard InChI is InChI=1S/C27H31Cl2N7O4.H2S/c1-5-35-8-9-36-17(13-35)14-40-19-10-16(6-7-18(19)36)32-22-12-23(31-15-30-22)34(2)27(37)33-26-24(28)20(38-3)11-21(39-4)25(26)29;/h6-7,10-12,15,17H,5,8-9,13-14H2,1-4H3,(H,33,37)(H,30,31,32);1H2/t17-;/m0./s1. The number of halogens is 2. The first kappa shape index (κ1) is 30.6. The van der Waals surface area contributed by atoms with E-state index in [1.807, 2.05) is 12.1 Å². The highest BCUT2D eigenvalue weighted by molar-refractivity contribution is 7.59. The summed E-state index contributed by atoms with van der Waals surface area (Å²) >= 11 is 12.8. The van der Waals surface area contributed by atoms with E-state index in [0.717, 1.165) is 43.3 Å². The number of hydrogen-bond donors (Lipinski definition) is 2. The Morgan fingerprint density at radius 1 is 1.12 bits per heavy atom. The number of fused-ring (bicyclic) bond motifs is 3. The van der Waals surface area contributed by atoms with Crippen LogP contribution in [0.15, 0.2) is 36.7 Å². The molecule has 2 aliphatic rings. The van der Waals surface area contributed by atoms with E-state index in [4.69, 9.17) is 37.4 Å². The molecule has 220 valence electrons. The van der Waals surface area contributed by atoms with Gasteiger partial charge in [-0.2, -0.15) is 13.5 Å². The second-order valence-electron chi connectivity index (χ2n) is 9.39. The third kappa shape index (κ3) is 6.30. The van der Waals surface area contributed by atoms with Crippen LogP contribution in [0.2, 0.25) is 10.0 Å². The third-order valence-electron chi connectivity index (χ3n) is 7.09. The lowest BCUT2D eigenvalue weighted by Gasteiger charge is -2.45. The Bertz CT molecular complexity index is 1390. The second kappa shape index (κ2) is 13.1. The summed E-state index contributed by atoms with van der Waals surface area (Å²) in [6.07, 6.45) is 1.38. The summed E-state index contributed by atoms with van der Waals surface area (Å²) in [7, 11) is 4.49. The summed E-state index contributed by atoms with van der Waals surface area (Å²) in [6.45, 7) is 6.92. The largest absolute Gasteiger partial charge is 0.495 e. The van der Waals surface area contributed by atoms with Crippen LogP contribution in [0.4, 0.5) is 33.5 Å². The van der Waals surface area contributed by atoms with Gasteiger partial charge in [-0.05, 0) is 18.7 Å². The summed E-state index contributed by atoms with van der Waals surface area (Å²) in [5.74, 6) is 2.31. The molecule has 0 radical (unpaired) electrons. The van der Waals surface area contributed by atoms with Gasteiger partial charge in [-0.25, -0.2) is 14.8 Å². The van der Waals surface area contributed by atoms with Crippen LogP contribution in [-0.4, -0.2) is 81.0 Å². The highest BCUT2D eigenvalue weighted by Crippen LogP contribution is 2.44. The summed E-state index contributed by atoms with van der Waals surface area (Å²) in [5.41, 5.74) is 2.07. The molecule has 14 heteroatoms. The molecule has 0 unspecified atom stereocenters. The molecule has 1 aromatic heterocycles. The average Bonchev–Trinajstić information content (AvgIpc) is 2.98. The lowest BCUT2D eigenvalue weighted by atomic mass is 10.1. The van der Waals surface area contributed by atoms with Gasteiger partial charge >= 0.3 is 6.03 Å². The fourth-order valence-electron chi connectivity index (χ4n) is 4.83. The van der Waals surface area contributed by atoms with E-state index >= 15 is 0 Å². The molecule has 1 saturated heterocycles. The van der Waals surface area contributed by atoms with Crippen LogP contribution >= 0.6 is 36.7 Å². The van der Waals surface area contributed by atoms with Crippen molar-refractivity contribution in [2.75, 3.05) is 74.5 Å². The molecule has 1 fully saturated rings. The molecular formula is C27H33Cl2N7O4S. The van der Waals surface area contributed by atoms with Crippen molar-refractivity contribution in [2.24, 2.45) is 0 Å². The molecule has 3 heterocycles. The normalized spacial score (nSPS) is 16.0. The van der Waals surface area contributed by atoms with Crippen molar-refractivity contribution in [1.29, 1.82) is 0 Å². The minimum Gasteiger partial charge on any atom is -0.495 e. The van der Waals surface area contributed by atoms with Crippen molar-refractivity contribution in [2.45, 2.75) is 13.0 Å². The van der Waals surface area contributed by atoms with E-state index in [0.29, 0.717) is 35.8 Å². The molecule has 0 bridgehead atoms. The van der Waals surface area contributed by atoms with Crippen molar-refractivity contribution in [3.63, 3.8) is 0 Å². The van der Waals surface area contributed by atoms with Crippen LogP contribution in [0.25, 0.3) is 0 Å². The summed E-state index contributed by atoms with van der Waals surface area (Å²) < 4.78 is 16.7. The highest BCUT2D eigenvalue weighted by Gasteiger charge is 2.32. The Hall–Kier alpha value is -3.32. The van der Waals surface area contributed by atoms with Gasteiger partial charge in [-0.15, -0.1) is 0 Å². The van der Waals surface area contributed by atoms with Gasteiger partial charge < -0.3 is 29.7 Å². The van der Waals surface area contributed by atoms with Crippen LogP contribution in [0.3, 0.4) is 0 Å². The zero-order chi connectivity index (χ0) is 28.4. The first-order valence-corrected chi connectivity index (χ1v) is 13.6. The molecule has 0 saturated carbocycles. The Balaban J connectivity index is 0.00000387. The Morgan fingerprint density at radius 2 is 1.85 bits per heavy atom. The lowest BCUT2D eigenvalue weighted by Crippen LogP contribution is -2.57. The number of benzene rings is 2. The SMILES string of the molecule is CCN1CCN2c3ccc(Nc4cc(N(C)C(=O)Nc5c(Cl)c(OC)cc(OC)c5Cl)ncn4)cc3OC[C@@H]2C1.S. The molecule has 2 amide bonds. The van der Waals surface area contributed by atoms with E-state index in [9.17, 15) is 4.79 Å². The number of nitrogens with zero attached hydrogens (tertiary/aromatic N) is 5. The molecule has 0 aliphatic carbocycles. The van der Waals surface area contributed by atoms with Crippen LogP contribution in [0.5, 0.6) is 17.2 Å². The van der Waals surface area contributed by atoms with E-state index < -0.39 is 6.03 Å². The van der Waals surface area contributed by atoms with Crippen LogP contribution in [0, 0.1) is 0 Å². The first-order chi connectivity index (χ1) is 19.3. The number of aromatic nitrogens is 2. The fraction of sp³-hybridized carbons (Fsp3) is 0.370. The van der Waals surface area contributed by atoms with E-state index in [-0.39, 0.29) is 29.2 Å². The van der Waals surface area contributed by atoms with Crippen LogP contribution < -0.4 is 34.6 Å². The minimum absolute atomic E-state index is 0. The molecule has 2 aromatic carbocycles. The number of carbonyl (C=O) groups is 1. The molecular weight excluding hydrogens is 589 g/mol. The molecule has 3 aromatic rings. The van der Waals surface area contributed by atoms with Crippen LogP contribution in [0.1, 0.15) is 6.92 Å². The number of amides is 2. The molecule has 11 nitrogen and oxygen atoms in total. The maximum Gasteiger partial charge on any atom is 0.327 e. The number of nitrogens with one attached hydrogen (secondary N) is 2. The number of urea groups is 1. The average molecular weight is 623 g/mol. The zero-order valence-electron chi connectivity index (χ0n) is 23.2. The maximum atomic E-state index is 13.1. The summed E-state index contributed by atoms with van der Waals surface area (Å²) in [5, 5.41) is 6.29. The minimum atomic E-state index is -0.524. The van der Waals surface area contributed by atoms with Crippen LogP contribution in [-0.2, 0) is 0 Å². The predicted molar refractivity (Wildman–Crippen MR) is 168 cm³/mol. The number of rotatable bonds is 7. The number of piperazine rings is 1. The number of hydrogen-bond acceptors (Lipinski definition) is 9. The smallest absolute Gasteiger partial charge is 0.327 e. The van der Waals surface area contributed by atoms with Gasteiger partial charge in [0, 0.05) is 50.6 Å². The van der Waals surface area contributed by atoms with E-state index in [2.05, 4.69) is 43.4 Å². The molecule has 2 aliphatic heterocycles. The molecule has 0 spiro atoms. The van der Waals surface area contributed by atoms with Crippen molar-refractivity contribution in [3.8, 4) is 17.2 Å². The van der Waals surface area contributed by atoms with Gasteiger partial charge in [0.15, 0.2) is 0 Å². The fourth-order valence-corrected chi connectivity index (χ4v) is 5.43. The highest BCUT2D eigenvalue weighted by atomic mass is 35.5. The van der Waals surface area contributed by atoms with Gasteiger partial charge in [-0.1, -0.05) is 30.1 Å². The Morgan fingerprint density at radius 3 is 2.54 bits per heavy atom. The number of ether oxygens (including phenoxy) is 3. The summed E-state index contributed by atoms with van der Waals surface area (Å²) in [6, 6.07) is 9.07. The molecule has 2 N–H and O–H groups in total. The van der Waals surface area contributed by atoms with Crippen molar-refractivity contribution >= 4 is 71.4 Å². The Kier molecular flexibility index (Phi) is 9.80. The van der Waals surface area contributed by atoms with Crippen molar-refractivity contribution < 1.29 is 19.0 Å². The van der Waals surface area contributed by atoms with E-state index in [1.165, 1.54) is 25.4 Å². The second-order valence-corrected chi connectivity index (χ2v) is 10.1. The van der Waals surface area contributed by atoms with Gasteiger partial charge in [0.2, 0.25) is 0 Å². The maximum absolute atomic E-state index is 13.1. The van der Waals surface area contributed by atoms with Gasteiger partial charge in [-0.3, -0.25) is 9.80 Å². The topological polar surface area (TPSA) is 104 Å². The summed E-state index contributed by atoms with van der Waals surface area (Å²) in [4.78, 5) is 27.9. The predicted octanol–water partition coefficient (Wildman–Crippen LogP) is 5.23. The van der Waals surface area contributed by atoms with Gasteiger partial charge in [0.25, 0.3) is 0 Å². The first-order valence-electron chi connectivity index (χ1n) is 12.8. The van der Waals surface area contributed by atoms with Crippen molar-refractivity contribution in [3.05, 3.63) is 46.7 Å². The number of likely N-dealkylation sites (N-methyl/N-ethyl adjacent to an activating group) is 1.